The van der Waals surface area contributed by atoms with Crippen molar-refractivity contribution in [2.75, 3.05) is 6.54 Å². The van der Waals surface area contributed by atoms with Crippen molar-refractivity contribution in [3.8, 4) is 0 Å². The maximum atomic E-state index is 12.2. The highest BCUT2D eigenvalue weighted by Gasteiger charge is 2.54. The molecule has 3 N–H and O–H groups in total. The summed E-state index contributed by atoms with van der Waals surface area (Å²) in [6.07, 6.45) is 1.36. The second-order valence-corrected chi connectivity index (χ2v) is 8.51. The van der Waals surface area contributed by atoms with Crippen LogP contribution < -0.4 is 11.1 Å². The van der Waals surface area contributed by atoms with E-state index in [1.165, 1.54) is 5.56 Å². The molecule has 0 radical (unpaired) electrons. The molecule has 1 aromatic rings. The van der Waals surface area contributed by atoms with Gasteiger partial charge in [-0.2, -0.15) is 0 Å². The van der Waals surface area contributed by atoms with Crippen molar-refractivity contribution in [1.29, 1.82) is 0 Å². The van der Waals surface area contributed by atoms with Gasteiger partial charge in [-0.05, 0) is 28.9 Å². The van der Waals surface area contributed by atoms with E-state index in [2.05, 4.69) is 52.1 Å². The number of hydrogen-bond donors (Lipinski definition) is 2. The first kappa shape index (κ1) is 19.9. The van der Waals surface area contributed by atoms with E-state index in [4.69, 9.17) is 10.5 Å². The Morgan fingerprint density at radius 2 is 1.92 bits per heavy atom. The molecule has 0 amide bonds. The Labute approximate surface area is 152 Å². The molecule has 25 heavy (non-hydrogen) atoms. The van der Waals surface area contributed by atoms with Gasteiger partial charge in [-0.1, -0.05) is 58.9 Å². The Hall–Kier alpha value is -1.39. The third-order valence-electron chi connectivity index (χ3n) is 6.60. The van der Waals surface area contributed by atoms with Crippen LogP contribution in [0.25, 0.3) is 0 Å². The predicted molar refractivity (Wildman–Crippen MR) is 102 cm³/mol. The van der Waals surface area contributed by atoms with Crippen LogP contribution in [0, 0.1) is 16.7 Å². The van der Waals surface area contributed by atoms with Crippen molar-refractivity contribution < 1.29 is 9.53 Å². The minimum absolute atomic E-state index is 0.00182. The lowest BCUT2D eigenvalue weighted by atomic mass is 9.67. The number of nitrogens with one attached hydrogen (secondary N) is 1. The van der Waals surface area contributed by atoms with Crippen LogP contribution >= 0.6 is 0 Å². The van der Waals surface area contributed by atoms with E-state index in [0.29, 0.717) is 25.4 Å². The molecule has 0 heterocycles. The Bertz CT molecular complexity index is 595. The van der Waals surface area contributed by atoms with Gasteiger partial charge in [0, 0.05) is 25.0 Å². The van der Waals surface area contributed by atoms with E-state index in [1.807, 2.05) is 12.1 Å². The molecule has 1 saturated carbocycles. The average Bonchev–Trinajstić information content (AvgIpc) is 2.71. The van der Waals surface area contributed by atoms with Crippen molar-refractivity contribution in [2.24, 2.45) is 22.5 Å². The fraction of sp³-hybridized carbons (Fsp3) is 0.667. The quantitative estimate of drug-likeness (QED) is 0.584. The van der Waals surface area contributed by atoms with Crippen LogP contribution in [0.1, 0.15) is 58.6 Å². The van der Waals surface area contributed by atoms with Crippen LogP contribution in [0.2, 0.25) is 0 Å². The van der Waals surface area contributed by atoms with Crippen molar-refractivity contribution >= 4 is 5.97 Å². The van der Waals surface area contributed by atoms with Gasteiger partial charge in [0.05, 0.1) is 6.42 Å². The largest absolute Gasteiger partial charge is 0.462 e. The zero-order chi connectivity index (χ0) is 18.7. The highest BCUT2D eigenvalue weighted by Crippen LogP contribution is 2.56. The van der Waals surface area contributed by atoms with Crippen molar-refractivity contribution in [1.82, 2.24) is 5.32 Å². The van der Waals surface area contributed by atoms with Crippen molar-refractivity contribution in [3.05, 3.63) is 35.4 Å². The zero-order valence-electron chi connectivity index (χ0n) is 16.4. The standard InChI is InChI=1S/C21H34N2O2/c1-15-11-18(21(4,5)20(15,2)3)25-19(24)9-10-23-14-17-8-6-7-16(12-17)13-22/h6-8,12,15,18,23H,9-11,13-14,22H2,1-5H3. The van der Waals surface area contributed by atoms with Gasteiger partial charge in [-0.3, -0.25) is 4.79 Å². The minimum Gasteiger partial charge on any atom is -0.462 e. The summed E-state index contributed by atoms with van der Waals surface area (Å²) < 4.78 is 5.83. The summed E-state index contributed by atoms with van der Waals surface area (Å²) in [5, 5.41) is 3.31. The van der Waals surface area contributed by atoms with Crippen LogP contribution in [0.15, 0.2) is 24.3 Å². The number of esters is 1. The molecule has 1 fully saturated rings. The number of rotatable bonds is 7. The minimum atomic E-state index is -0.105. The molecule has 2 unspecified atom stereocenters. The maximum Gasteiger partial charge on any atom is 0.307 e. The SMILES string of the molecule is CC1CC(OC(=O)CCNCc2cccc(CN)c2)C(C)(C)C1(C)C. The van der Waals surface area contributed by atoms with Gasteiger partial charge in [0.1, 0.15) is 6.10 Å². The number of carbonyl (C=O) groups excluding carboxylic acids is 1. The van der Waals surface area contributed by atoms with Crippen molar-refractivity contribution in [2.45, 2.75) is 66.7 Å². The van der Waals surface area contributed by atoms with Crippen LogP contribution in [0.3, 0.4) is 0 Å². The lowest BCUT2D eigenvalue weighted by Gasteiger charge is -2.40. The first-order valence-corrected chi connectivity index (χ1v) is 9.36. The molecular formula is C21H34N2O2. The van der Waals surface area contributed by atoms with Crippen LogP contribution in [0.4, 0.5) is 0 Å². The highest BCUT2D eigenvalue weighted by molar-refractivity contribution is 5.69. The Morgan fingerprint density at radius 1 is 1.24 bits per heavy atom. The smallest absolute Gasteiger partial charge is 0.307 e. The summed E-state index contributed by atoms with van der Waals surface area (Å²) in [7, 11) is 0. The fourth-order valence-electron chi connectivity index (χ4n) is 3.66. The summed E-state index contributed by atoms with van der Waals surface area (Å²) in [5.74, 6) is 0.444. The van der Waals surface area contributed by atoms with E-state index >= 15 is 0 Å². The number of benzene rings is 1. The lowest BCUT2D eigenvalue weighted by Crippen LogP contribution is -2.38. The molecule has 2 atom stereocenters. The molecule has 2 rings (SSSR count). The number of carbonyl (C=O) groups is 1. The second kappa shape index (κ2) is 7.88. The monoisotopic (exact) mass is 346 g/mol. The third kappa shape index (κ3) is 4.42. The molecule has 0 aromatic heterocycles. The Balaban J connectivity index is 1.76. The average molecular weight is 347 g/mol. The molecule has 1 aromatic carbocycles. The third-order valence-corrected chi connectivity index (χ3v) is 6.60. The Kier molecular flexibility index (Phi) is 6.28. The first-order valence-electron chi connectivity index (χ1n) is 9.36. The second-order valence-electron chi connectivity index (χ2n) is 8.51. The van der Waals surface area contributed by atoms with E-state index in [9.17, 15) is 4.79 Å². The molecule has 0 aliphatic heterocycles. The predicted octanol–water partition coefficient (Wildman–Crippen LogP) is 3.63. The number of nitrogens with two attached hydrogens (primary N) is 1. The van der Waals surface area contributed by atoms with Gasteiger partial charge >= 0.3 is 5.97 Å². The number of ether oxygens (including phenoxy) is 1. The molecule has 0 bridgehead atoms. The molecule has 0 spiro atoms. The van der Waals surface area contributed by atoms with Gasteiger partial charge < -0.3 is 15.8 Å². The van der Waals surface area contributed by atoms with E-state index in [1.54, 1.807) is 0 Å². The van der Waals surface area contributed by atoms with Gasteiger partial charge in [0.15, 0.2) is 0 Å². The first-order chi connectivity index (χ1) is 11.7. The van der Waals surface area contributed by atoms with E-state index in [0.717, 1.165) is 18.5 Å². The molecule has 4 heteroatoms. The molecule has 140 valence electrons. The zero-order valence-corrected chi connectivity index (χ0v) is 16.4. The van der Waals surface area contributed by atoms with Gasteiger partial charge in [-0.25, -0.2) is 0 Å². The molecule has 1 aliphatic carbocycles. The van der Waals surface area contributed by atoms with Crippen LogP contribution in [-0.2, 0) is 22.6 Å². The highest BCUT2D eigenvalue weighted by atomic mass is 16.5. The summed E-state index contributed by atoms with van der Waals surface area (Å²) >= 11 is 0. The van der Waals surface area contributed by atoms with Gasteiger partial charge in [0.2, 0.25) is 0 Å². The number of hydrogen-bond acceptors (Lipinski definition) is 4. The van der Waals surface area contributed by atoms with E-state index < -0.39 is 0 Å². The van der Waals surface area contributed by atoms with Crippen LogP contribution in [0.5, 0.6) is 0 Å². The van der Waals surface area contributed by atoms with Crippen LogP contribution in [-0.4, -0.2) is 18.6 Å². The molecule has 1 aliphatic rings. The topological polar surface area (TPSA) is 64.3 Å². The Morgan fingerprint density at radius 3 is 2.52 bits per heavy atom. The van der Waals surface area contributed by atoms with E-state index in [-0.39, 0.29) is 22.9 Å². The summed E-state index contributed by atoms with van der Waals surface area (Å²) in [4.78, 5) is 12.2. The van der Waals surface area contributed by atoms with Crippen molar-refractivity contribution in [3.63, 3.8) is 0 Å². The molecular weight excluding hydrogens is 312 g/mol. The summed E-state index contributed by atoms with van der Waals surface area (Å²) in [5.41, 5.74) is 8.14. The molecule has 0 saturated heterocycles. The fourth-order valence-corrected chi connectivity index (χ4v) is 3.66. The lowest BCUT2D eigenvalue weighted by molar-refractivity contribution is -0.155. The normalized spacial score (nSPS) is 24.2. The summed E-state index contributed by atoms with van der Waals surface area (Å²) in [6, 6.07) is 8.19. The maximum absolute atomic E-state index is 12.2. The van der Waals surface area contributed by atoms with Gasteiger partial charge in [-0.15, -0.1) is 0 Å². The van der Waals surface area contributed by atoms with Gasteiger partial charge in [0.25, 0.3) is 0 Å². The molecule has 4 nitrogen and oxygen atoms in total. The summed E-state index contributed by atoms with van der Waals surface area (Å²) in [6.45, 7) is 13.2.